The van der Waals surface area contributed by atoms with Crippen molar-refractivity contribution >= 4 is 11.5 Å². The van der Waals surface area contributed by atoms with Gasteiger partial charge in [-0.2, -0.15) is 5.26 Å². The van der Waals surface area contributed by atoms with Crippen molar-refractivity contribution < 1.29 is 9.18 Å². The average molecular weight is 282 g/mol. The number of rotatable bonds is 4. The lowest BCUT2D eigenvalue weighted by atomic mass is 10.1. The summed E-state index contributed by atoms with van der Waals surface area (Å²) in [5.41, 5.74) is 2.57. The molecule has 0 aromatic heterocycles. The molecule has 4 heteroatoms. The average Bonchev–Trinajstić information content (AvgIpc) is 2.47. The van der Waals surface area contributed by atoms with Gasteiger partial charge in [0.2, 0.25) is 0 Å². The molecule has 106 valence electrons. The summed E-state index contributed by atoms with van der Waals surface area (Å²) in [7, 11) is 1.83. The molecule has 0 spiro atoms. The van der Waals surface area contributed by atoms with Gasteiger partial charge < -0.3 is 4.90 Å². The summed E-state index contributed by atoms with van der Waals surface area (Å²) in [6, 6.07) is 13.5. The zero-order valence-electron chi connectivity index (χ0n) is 11.9. The lowest BCUT2D eigenvalue weighted by Gasteiger charge is -2.22. The Labute approximate surface area is 123 Å². The Bertz CT molecular complexity index is 719. The Kier molecular flexibility index (Phi) is 4.34. The topological polar surface area (TPSA) is 44.1 Å². The summed E-state index contributed by atoms with van der Waals surface area (Å²) in [5, 5.41) is 8.91. The van der Waals surface area contributed by atoms with Crippen LogP contribution in [-0.2, 0) is 6.54 Å². The summed E-state index contributed by atoms with van der Waals surface area (Å²) in [6.45, 7) is 1.95. The Balaban J connectivity index is 2.30. The highest BCUT2D eigenvalue weighted by Crippen LogP contribution is 2.23. The summed E-state index contributed by atoms with van der Waals surface area (Å²) >= 11 is 0. The maximum atomic E-state index is 13.3. The third-order valence-electron chi connectivity index (χ3n) is 3.22. The second-order valence-corrected chi connectivity index (χ2v) is 4.89. The molecular formula is C17H15FN2O. The number of carbonyl (C=O) groups is 1. The van der Waals surface area contributed by atoms with Crippen LogP contribution in [0.5, 0.6) is 0 Å². The molecular weight excluding hydrogens is 267 g/mol. The van der Waals surface area contributed by atoms with Crippen LogP contribution >= 0.6 is 0 Å². The van der Waals surface area contributed by atoms with Gasteiger partial charge in [0.15, 0.2) is 5.78 Å². The normalized spacial score (nSPS) is 10.0. The maximum Gasteiger partial charge on any atom is 0.161 e. The van der Waals surface area contributed by atoms with Gasteiger partial charge in [0.1, 0.15) is 5.82 Å². The maximum absolute atomic E-state index is 13.3. The van der Waals surface area contributed by atoms with Crippen molar-refractivity contribution in [3.05, 3.63) is 65.0 Å². The van der Waals surface area contributed by atoms with E-state index in [-0.39, 0.29) is 5.78 Å². The summed E-state index contributed by atoms with van der Waals surface area (Å²) in [5.74, 6) is -0.606. The fourth-order valence-electron chi connectivity index (χ4n) is 2.22. The molecule has 0 N–H and O–H groups in total. The number of hydrogen-bond acceptors (Lipinski definition) is 3. The number of nitrogens with zero attached hydrogens (tertiary/aromatic N) is 2. The number of nitriles is 1. The van der Waals surface area contributed by atoms with E-state index in [2.05, 4.69) is 6.07 Å². The fourth-order valence-corrected chi connectivity index (χ4v) is 2.22. The molecule has 0 saturated heterocycles. The number of hydrogen-bond donors (Lipinski definition) is 0. The Morgan fingerprint density at radius 2 is 2.05 bits per heavy atom. The van der Waals surface area contributed by atoms with Gasteiger partial charge in [-0.25, -0.2) is 4.39 Å². The van der Waals surface area contributed by atoms with Gasteiger partial charge >= 0.3 is 0 Å². The molecule has 0 radical (unpaired) electrons. The van der Waals surface area contributed by atoms with Crippen molar-refractivity contribution in [2.45, 2.75) is 13.5 Å². The van der Waals surface area contributed by atoms with Gasteiger partial charge in [0.25, 0.3) is 0 Å². The van der Waals surface area contributed by atoms with Gasteiger partial charge in [-0.05, 0) is 42.8 Å². The molecule has 0 unspecified atom stereocenters. The Morgan fingerprint density at radius 3 is 2.71 bits per heavy atom. The second kappa shape index (κ2) is 6.19. The van der Waals surface area contributed by atoms with Crippen molar-refractivity contribution in [1.82, 2.24) is 0 Å². The monoisotopic (exact) mass is 282 g/mol. The summed E-state index contributed by atoms with van der Waals surface area (Å²) < 4.78 is 13.3. The van der Waals surface area contributed by atoms with Crippen LogP contribution in [-0.4, -0.2) is 12.8 Å². The third-order valence-corrected chi connectivity index (χ3v) is 3.22. The van der Waals surface area contributed by atoms with Gasteiger partial charge in [0.05, 0.1) is 11.6 Å². The molecule has 2 aromatic carbocycles. The number of Topliss-reactive ketones (excluding diaryl/α,β-unsaturated/α-hetero) is 1. The standard InChI is InChI=1S/C17H15FN2O/c1-12(21)16-9-15(18)6-7-17(16)20(2)11-14-5-3-4-13(8-14)10-19/h3-9H,11H2,1-2H3. The van der Waals surface area contributed by atoms with Crippen LogP contribution < -0.4 is 4.90 Å². The van der Waals surface area contributed by atoms with Gasteiger partial charge in [-0.3, -0.25) is 4.79 Å². The molecule has 0 heterocycles. The van der Waals surface area contributed by atoms with Crippen molar-refractivity contribution in [2.24, 2.45) is 0 Å². The zero-order valence-corrected chi connectivity index (χ0v) is 11.9. The SMILES string of the molecule is CC(=O)c1cc(F)ccc1N(C)Cc1cccc(C#N)c1. The van der Waals surface area contributed by atoms with Crippen LogP contribution in [0.3, 0.4) is 0 Å². The molecule has 3 nitrogen and oxygen atoms in total. The number of halogens is 1. The zero-order chi connectivity index (χ0) is 15.4. The van der Waals surface area contributed by atoms with E-state index in [4.69, 9.17) is 5.26 Å². The quantitative estimate of drug-likeness (QED) is 0.806. The summed E-state index contributed by atoms with van der Waals surface area (Å²) in [6.07, 6.45) is 0. The second-order valence-electron chi connectivity index (χ2n) is 4.89. The van der Waals surface area contributed by atoms with E-state index in [0.717, 1.165) is 5.56 Å². The van der Waals surface area contributed by atoms with E-state index in [1.165, 1.54) is 19.1 Å². The largest absolute Gasteiger partial charge is 0.370 e. The number of ketones is 1. The van der Waals surface area contributed by atoms with E-state index in [1.54, 1.807) is 18.2 Å². The number of anilines is 1. The van der Waals surface area contributed by atoms with E-state index >= 15 is 0 Å². The van der Waals surface area contributed by atoms with Gasteiger partial charge in [-0.15, -0.1) is 0 Å². The number of carbonyl (C=O) groups excluding carboxylic acids is 1. The van der Waals surface area contributed by atoms with Crippen molar-refractivity contribution in [3.63, 3.8) is 0 Å². The van der Waals surface area contributed by atoms with Crippen LogP contribution in [0, 0.1) is 17.1 Å². The fraction of sp³-hybridized carbons (Fsp3) is 0.176. The van der Waals surface area contributed by atoms with Crippen molar-refractivity contribution in [2.75, 3.05) is 11.9 Å². The lowest BCUT2D eigenvalue weighted by molar-refractivity contribution is 0.101. The van der Waals surface area contributed by atoms with E-state index in [9.17, 15) is 9.18 Å². The first kappa shape index (κ1) is 14.7. The first-order valence-electron chi connectivity index (χ1n) is 6.52. The lowest BCUT2D eigenvalue weighted by Crippen LogP contribution is -2.19. The highest BCUT2D eigenvalue weighted by atomic mass is 19.1. The van der Waals surface area contributed by atoms with E-state index in [1.807, 2.05) is 24.1 Å². The minimum absolute atomic E-state index is 0.179. The molecule has 0 aliphatic carbocycles. The van der Waals surface area contributed by atoms with Crippen LogP contribution in [0.4, 0.5) is 10.1 Å². The molecule has 0 amide bonds. The first-order chi connectivity index (χ1) is 10.0. The Hall–Kier alpha value is -2.67. The molecule has 21 heavy (non-hydrogen) atoms. The van der Waals surface area contributed by atoms with Crippen LogP contribution in [0.1, 0.15) is 28.4 Å². The Morgan fingerprint density at radius 1 is 1.29 bits per heavy atom. The van der Waals surface area contributed by atoms with Crippen LogP contribution in [0.15, 0.2) is 42.5 Å². The van der Waals surface area contributed by atoms with Crippen LogP contribution in [0.2, 0.25) is 0 Å². The smallest absolute Gasteiger partial charge is 0.161 e. The van der Waals surface area contributed by atoms with Crippen molar-refractivity contribution in [3.8, 4) is 6.07 Å². The molecule has 0 atom stereocenters. The summed E-state index contributed by atoms with van der Waals surface area (Å²) in [4.78, 5) is 13.5. The molecule has 2 aromatic rings. The van der Waals surface area contributed by atoms with Crippen molar-refractivity contribution in [1.29, 1.82) is 5.26 Å². The minimum atomic E-state index is -0.427. The van der Waals surface area contributed by atoms with Gasteiger partial charge in [0, 0.05) is 24.8 Å². The number of benzene rings is 2. The predicted octanol–water partition coefficient (Wildman–Crippen LogP) is 3.54. The molecule has 0 saturated carbocycles. The van der Waals surface area contributed by atoms with Gasteiger partial charge in [-0.1, -0.05) is 12.1 Å². The highest BCUT2D eigenvalue weighted by molar-refractivity contribution is 5.99. The van der Waals surface area contributed by atoms with Crippen LogP contribution in [0.25, 0.3) is 0 Å². The predicted molar refractivity (Wildman–Crippen MR) is 79.7 cm³/mol. The molecule has 0 fully saturated rings. The van der Waals surface area contributed by atoms with E-state index < -0.39 is 5.82 Å². The minimum Gasteiger partial charge on any atom is -0.370 e. The van der Waals surface area contributed by atoms with E-state index in [0.29, 0.717) is 23.4 Å². The molecule has 2 rings (SSSR count). The highest BCUT2D eigenvalue weighted by Gasteiger charge is 2.12. The third kappa shape index (κ3) is 3.46. The molecule has 0 aliphatic heterocycles. The molecule has 0 bridgehead atoms. The molecule has 0 aliphatic rings. The first-order valence-corrected chi connectivity index (χ1v) is 6.52.